The Kier molecular flexibility index (Phi) is 7.31. The predicted molar refractivity (Wildman–Crippen MR) is 223 cm³/mol. The number of thioether (sulfide) groups is 1. The molecule has 4 aliphatic rings. The topological polar surface area (TPSA) is 33.6 Å². The standard InChI is InChI=1S/C50H34N2OS/c1-2-9-31(10-3-1)33-17-19-35(20-18-33)39-27-28-40-44(30-39)53-43-15-8-14-42(46(40)43)48-49-47(41-13-6-7-16-45(41)54-49)51-50(52-48)36-24-21-34(22-25-36)38-26-23-32-11-4-5-12-37(32)29-38/h1-30,43,46-47H,(H,51,52). The highest BCUT2D eigenvalue weighted by Gasteiger charge is 2.42. The Bertz CT molecular complexity index is 2740. The minimum absolute atomic E-state index is 0.0640. The molecule has 1 N–H and O–H groups in total. The number of hydrogen-bond donors (Lipinski definition) is 1. The average Bonchev–Trinajstić information content (AvgIpc) is 3.82. The van der Waals surface area contributed by atoms with Crippen molar-refractivity contribution in [2.24, 2.45) is 4.99 Å². The van der Waals surface area contributed by atoms with E-state index < -0.39 is 0 Å². The molecule has 54 heavy (non-hydrogen) atoms. The molecule has 0 spiro atoms. The van der Waals surface area contributed by atoms with Crippen molar-refractivity contribution in [2.75, 3.05) is 0 Å². The van der Waals surface area contributed by atoms with Crippen LogP contribution in [0.25, 0.3) is 44.2 Å². The number of allylic oxidation sites excluding steroid dienone is 3. The molecule has 7 aromatic carbocycles. The fourth-order valence-electron chi connectivity index (χ4n) is 8.38. The molecule has 3 aliphatic heterocycles. The van der Waals surface area contributed by atoms with Gasteiger partial charge in [0, 0.05) is 20.9 Å². The summed E-state index contributed by atoms with van der Waals surface area (Å²) in [6, 6.07) is 58.8. The predicted octanol–water partition coefficient (Wildman–Crippen LogP) is 12.3. The number of hydrogen-bond acceptors (Lipinski definition) is 4. The van der Waals surface area contributed by atoms with Gasteiger partial charge in [-0.05, 0) is 79.6 Å². The minimum atomic E-state index is -0.0820. The molecular weight excluding hydrogens is 677 g/mol. The zero-order valence-corrected chi connectivity index (χ0v) is 30.1. The van der Waals surface area contributed by atoms with Gasteiger partial charge in [0.1, 0.15) is 23.7 Å². The smallest absolute Gasteiger partial charge is 0.133 e. The van der Waals surface area contributed by atoms with Crippen LogP contribution < -0.4 is 10.1 Å². The summed E-state index contributed by atoms with van der Waals surface area (Å²) in [5.74, 6) is 1.90. The monoisotopic (exact) mass is 710 g/mol. The SMILES string of the molecule is C1=CC2Oc3cc(-c4ccc(-c5ccccc5)cc4)ccc3C2C(C2=C3Sc4ccccc4C3N=C(c3ccc(-c4ccc5ccccc5c4)cc3)N2)=C1. The van der Waals surface area contributed by atoms with Crippen LogP contribution in [0.15, 0.2) is 208 Å². The zero-order chi connectivity index (χ0) is 35.6. The summed E-state index contributed by atoms with van der Waals surface area (Å²) in [4.78, 5) is 7.91. The first-order valence-electron chi connectivity index (χ1n) is 18.5. The maximum absolute atomic E-state index is 6.74. The molecule has 0 fully saturated rings. The van der Waals surface area contributed by atoms with Crippen LogP contribution in [0.2, 0.25) is 0 Å². The Morgan fingerprint density at radius 2 is 1.17 bits per heavy atom. The largest absolute Gasteiger partial charge is 0.485 e. The molecule has 1 aliphatic carbocycles. The number of fused-ring (bicyclic) bond motifs is 7. The molecule has 0 saturated heterocycles. The molecule has 3 unspecified atom stereocenters. The van der Waals surface area contributed by atoms with E-state index in [0.717, 1.165) is 28.4 Å². The lowest BCUT2D eigenvalue weighted by Crippen LogP contribution is -2.33. The molecule has 7 aromatic rings. The van der Waals surface area contributed by atoms with Crippen molar-refractivity contribution >= 4 is 28.4 Å². The third kappa shape index (κ3) is 5.25. The molecule has 0 bridgehead atoms. The molecule has 3 nitrogen and oxygen atoms in total. The minimum Gasteiger partial charge on any atom is -0.485 e. The lowest BCUT2D eigenvalue weighted by molar-refractivity contribution is 0.265. The van der Waals surface area contributed by atoms with Crippen LogP contribution in [0.3, 0.4) is 0 Å². The maximum Gasteiger partial charge on any atom is 0.133 e. The van der Waals surface area contributed by atoms with Gasteiger partial charge >= 0.3 is 0 Å². The fraction of sp³-hybridized carbons (Fsp3) is 0.0600. The fourth-order valence-corrected chi connectivity index (χ4v) is 9.62. The van der Waals surface area contributed by atoms with Crippen molar-refractivity contribution in [2.45, 2.75) is 23.0 Å². The van der Waals surface area contributed by atoms with Gasteiger partial charge in [0.2, 0.25) is 0 Å². The third-order valence-electron chi connectivity index (χ3n) is 11.1. The van der Waals surface area contributed by atoms with Crippen molar-refractivity contribution < 1.29 is 4.74 Å². The Morgan fingerprint density at radius 3 is 1.98 bits per heavy atom. The van der Waals surface area contributed by atoms with E-state index in [0.29, 0.717) is 0 Å². The normalized spacial score (nSPS) is 19.2. The van der Waals surface area contributed by atoms with E-state index in [2.05, 4.69) is 187 Å². The molecule has 11 rings (SSSR count). The number of benzene rings is 7. The summed E-state index contributed by atoms with van der Waals surface area (Å²) in [7, 11) is 0. The summed E-state index contributed by atoms with van der Waals surface area (Å²) in [6.07, 6.45) is 6.55. The van der Waals surface area contributed by atoms with Crippen molar-refractivity contribution in [3.63, 3.8) is 0 Å². The summed E-state index contributed by atoms with van der Waals surface area (Å²) in [6.45, 7) is 0. The van der Waals surface area contributed by atoms with Gasteiger partial charge in [0.05, 0.1) is 11.6 Å². The van der Waals surface area contributed by atoms with E-state index in [9.17, 15) is 0 Å². The van der Waals surface area contributed by atoms with Gasteiger partial charge in [0.25, 0.3) is 0 Å². The molecule has 0 radical (unpaired) electrons. The quantitative estimate of drug-likeness (QED) is 0.193. The Hall–Kier alpha value is -6.36. The molecular formula is C50H34N2OS. The second-order valence-electron chi connectivity index (χ2n) is 14.3. The Labute approximate surface area is 319 Å². The average molecular weight is 711 g/mol. The number of aliphatic imine (C=N–C) groups is 1. The summed E-state index contributed by atoms with van der Waals surface area (Å²) in [5, 5.41) is 6.38. The van der Waals surface area contributed by atoms with E-state index in [-0.39, 0.29) is 18.1 Å². The van der Waals surface area contributed by atoms with Crippen molar-refractivity contribution in [3.05, 3.63) is 215 Å². The van der Waals surface area contributed by atoms with Crippen LogP contribution in [0.5, 0.6) is 5.75 Å². The highest BCUT2D eigenvalue weighted by Crippen LogP contribution is 2.55. The number of rotatable bonds is 5. The second kappa shape index (κ2) is 12.6. The molecule has 4 heteroatoms. The van der Waals surface area contributed by atoms with Gasteiger partial charge in [-0.3, -0.25) is 4.99 Å². The second-order valence-corrected chi connectivity index (χ2v) is 15.4. The third-order valence-corrected chi connectivity index (χ3v) is 12.4. The number of ether oxygens (including phenoxy) is 1. The van der Waals surface area contributed by atoms with Crippen molar-refractivity contribution in [1.29, 1.82) is 0 Å². The van der Waals surface area contributed by atoms with Crippen LogP contribution in [0.4, 0.5) is 0 Å². The van der Waals surface area contributed by atoms with Crippen LogP contribution >= 0.6 is 11.8 Å². The molecule has 0 saturated carbocycles. The van der Waals surface area contributed by atoms with Gasteiger partial charge < -0.3 is 10.1 Å². The highest BCUT2D eigenvalue weighted by atomic mass is 32.2. The van der Waals surface area contributed by atoms with E-state index in [1.807, 2.05) is 11.8 Å². The lowest BCUT2D eigenvalue weighted by Gasteiger charge is -2.30. The van der Waals surface area contributed by atoms with Crippen LogP contribution in [0.1, 0.15) is 28.7 Å². The van der Waals surface area contributed by atoms with Gasteiger partial charge in [-0.2, -0.15) is 0 Å². The highest BCUT2D eigenvalue weighted by molar-refractivity contribution is 8.03. The Balaban J connectivity index is 0.930. The van der Waals surface area contributed by atoms with Crippen LogP contribution in [-0.4, -0.2) is 11.9 Å². The molecule has 3 heterocycles. The first kappa shape index (κ1) is 31.2. The summed E-state index contributed by atoms with van der Waals surface area (Å²) >= 11 is 1.84. The lowest BCUT2D eigenvalue weighted by atomic mass is 9.81. The number of nitrogens with one attached hydrogen (secondary N) is 1. The first-order chi connectivity index (χ1) is 26.7. The molecule has 3 atom stereocenters. The van der Waals surface area contributed by atoms with E-state index in [1.165, 1.54) is 65.1 Å². The summed E-state index contributed by atoms with van der Waals surface area (Å²) < 4.78 is 6.74. The maximum atomic E-state index is 6.74. The molecule has 0 aromatic heterocycles. The van der Waals surface area contributed by atoms with E-state index >= 15 is 0 Å². The van der Waals surface area contributed by atoms with Gasteiger partial charge in [-0.1, -0.05) is 170 Å². The van der Waals surface area contributed by atoms with Crippen molar-refractivity contribution in [3.8, 4) is 39.1 Å². The van der Waals surface area contributed by atoms with E-state index in [4.69, 9.17) is 9.73 Å². The van der Waals surface area contributed by atoms with Gasteiger partial charge in [-0.25, -0.2) is 0 Å². The first-order valence-corrected chi connectivity index (χ1v) is 19.4. The number of nitrogens with zero attached hydrogens (tertiary/aromatic N) is 1. The molecule has 0 amide bonds. The zero-order valence-electron chi connectivity index (χ0n) is 29.3. The van der Waals surface area contributed by atoms with Crippen LogP contribution in [-0.2, 0) is 0 Å². The Morgan fingerprint density at radius 1 is 0.537 bits per heavy atom. The van der Waals surface area contributed by atoms with Gasteiger partial charge in [0.15, 0.2) is 0 Å². The summed E-state index contributed by atoms with van der Waals surface area (Å²) in [5.41, 5.74) is 13.1. The van der Waals surface area contributed by atoms with Gasteiger partial charge in [-0.15, -0.1) is 0 Å². The van der Waals surface area contributed by atoms with Crippen LogP contribution in [0, 0.1) is 0 Å². The van der Waals surface area contributed by atoms with Crippen molar-refractivity contribution in [1.82, 2.24) is 5.32 Å². The number of amidine groups is 1. The van der Waals surface area contributed by atoms with E-state index in [1.54, 1.807) is 0 Å². The molecule has 256 valence electrons.